The fraction of sp³-hybridized carbons (Fsp3) is 0.345. The molecule has 0 bridgehead atoms. The highest BCUT2D eigenvalue weighted by atomic mass is 32.1. The molecule has 4 rings (SSSR count). The van der Waals surface area contributed by atoms with E-state index < -0.39 is 22.5 Å². The van der Waals surface area contributed by atoms with Crippen molar-refractivity contribution in [1.82, 2.24) is 4.57 Å². The average Bonchev–Trinajstić information content (AvgIpc) is 3.21. The number of ether oxygens (including phenoxy) is 3. The van der Waals surface area contributed by atoms with Crippen LogP contribution in [-0.2, 0) is 9.53 Å². The van der Waals surface area contributed by atoms with Crippen molar-refractivity contribution in [2.75, 3.05) is 32.7 Å². The second kappa shape index (κ2) is 12.0. The molecule has 0 aliphatic carbocycles. The Bertz CT molecular complexity index is 1720. The number of non-ortho nitro benzene ring substituents is 1. The number of esters is 1. The fourth-order valence-electron chi connectivity index (χ4n) is 4.63. The number of anilines is 1. The summed E-state index contributed by atoms with van der Waals surface area (Å²) in [6.45, 7) is 7.37. The van der Waals surface area contributed by atoms with Gasteiger partial charge < -0.3 is 19.1 Å². The van der Waals surface area contributed by atoms with Gasteiger partial charge >= 0.3 is 5.97 Å². The smallest absolute Gasteiger partial charge is 0.338 e. The van der Waals surface area contributed by atoms with Crippen LogP contribution in [0.3, 0.4) is 0 Å². The number of nitro benzene ring substituents is 1. The summed E-state index contributed by atoms with van der Waals surface area (Å²) in [6, 6.07) is 8.90. The van der Waals surface area contributed by atoms with Crippen LogP contribution in [0.25, 0.3) is 6.08 Å². The maximum Gasteiger partial charge on any atom is 0.338 e. The number of carbonyl (C=O) groups excluding carboxylic acids is 1. The second-order valence-corrected chi connectivity index (χ2v) is 10.8. The first kappa shape index (κ1) is 29.5. The van der Waals surface area contributed by atoms with Crippen LogP contribution in [0.2, 0.25) is 0 Å². The Kier molecular flexibility index (Phi) is 8.62. The van der Waals surface area contributed by atoms with E-state index in [0.29, 0.717) is 43.3 Å². The molecule has 216 valence electrons. The molecular formula is C29H32N4O7S. The molecule has 1 aliphatic heterocycles. The Morgan fingerprint density at radius 2 is 1.95 bits per heavy atom. The zero-order valence-electron chi connectivity index (χ0n) is 24.0. The SMILES string of the molecule is CCOC(=O)C1=C(C)N=c2s/c(=C\c3cc([N+](=O)[O-])ccc3N(C)C)c(=O)n2[C@H]1c1ccc(OC(C)C)c(OC)c1. The molecule has 0 radical (unpaired) electrons. The van der Waals surface area contributed by atoms with Crippen LogP contribution in [-0.4, -0.2) is 49.4 Å². The number of aromatic nitrogens is 1. The predicted octanol–water partition coefficient (Wildman–Crippen LogP) is 3.57. The van der Waals surface area contributed by atoms with Gasteiger partial charge in [0.15, 0.2) is 16.3 Å². The molecule has 0 amide bonds. The van der Waals surface area contributed by atoms with Gasteiger partial charge in [-0.15, -0.1) is 0 Å². The largest absolute Gasteiger partial charge is 0.493 e. The molecule has 0 N–H and O–H groups in total. The third-order valence-corrected chi connectivity index (χ3v) is 7.36. The van der Waals surface area contributed by atoms with Crippen LogP contribution in [0.1, 0.15) is 44.9 Å². The molecule has 0 saturated heterocycles. The van der Waals surface area contributed by atoms with Gasteiger partial charge in [0.2, 0.25) is 0 Å². The number of thiazole rings is 1. The van der Waals surface area contributed by atoms with Gasteiger partial charge in [-0.1, -0.05) is 17.4 Å². The Balaban J connectivity index is 1.98. The minimum atomic E-state index is -0.854. The fourth-order valence-corrected chi connectivity index (χ4v) is 5.67. The van der Waals surface area contributed by atoms with Crippen molar-refractivity contribution >= 4 is 34.8 Å². The molecule has 1 aromatic heterocycles. The lowest BCUT2D eigenvalue weighted by Crippen LogP contribution is -2.40. The quantitative estimate of drug-likeness (QED) is 0.214. The van der Waals surface area contributed by atoms with Crippen molar-refractivity contribution < 1.29 is 23.9 Å². The third kappa shape index (κ3) is 5.87. The Hall–Kier alpha value is -4.45. The van der Waals surface area contributed by atoms with Gasteiger partial charge in [0.05, 0.1) is 46.6 Å². The van der Waals surface area contributed by atoms with E-state index >= 15 is 0 Å². The number of benzene rings is 2. The van der Waals surface area contributed by atoms with E-state index in [1.165, 1.54) is 23.8 Å². The van der Waals surface area contributed by atoms with E-state index in [1.807, 2.05) is 32.8 Å². The number of rotatable bonds is 9. The van der Waals surface area contributed by atoms with Crippen molar-refractivity contribution in [2.45, 2.75) is 39.8 Å². The molecule has 0 unspecified atom stereocenters. The number of nitrogens with zero attached hydrogens (tertiary/aromatic N) is 4. The summed E-state index contributed by atoms with van der Waals surface area (Å²) in [4.78, 5) is 45.0. The summed E-state index contributed by atoms with van der Waals surface area (Å²) in [5.41, 5.74) is 1.97. The summed E-state index contributed by atoms with van der Waals surface area (Å²) in [7, 11) is 5.15. The summed E-state index contributed by atoms with van der Waals surface area (Å²) in [6.07, 6.45) is 1.53. The maximum absolute atomic E-state index is 14.0. The average molecular weight is 581 g/mol. The van der Waals surface area contributed by atoms with Crippen molar-refractivity contribution in [3.63, 3.8) is 0 Å². The van der Waals surface area contributed by atoms with Gasteiger partial charge in [-0.2, -0.15) is 0 Å². The molecule has 2 aromatic carbocycles. The highest BCUT2D eigenvalue weighted by molar-refractivity contribution is 7.07. The van der Waals surface area contributed by atoms with Gasteiger partial charge in [0, 0.05) is 37.5 Å². The maximum atomic E-state index is 14.0. The normalized spacial score (nSPS) is 14.9. The summed E-state index contributed by atoms with van der Waals surface area (Å²) in [5, 5.41) is 11.5. The van der Waals surface area contributed by atoms with Gasteiger partial charge in [0.1, 0.15) is 0 Å². The van der Waals surface area contributed by atoms with E-state index in [4.69, 9.17) is 14.2 Å². The first-order valence-corrected chi connectivity index (χ1v) is 13.8. The van der Waals surface area contributed by atoms with Crippen LogP contribution in [0.5, 0.6) is 11.5 Å². The Morgan fingerprint density at radius 1 is 1.22 bits per heavy atom. The van der Waals surface area contributed by atoms with Crippen molar-refractivity contribution in [3.05, 3.63) is 88.6 Å². The molecule has 12 heteroatoms. The van der Waals surface area contributed by atoms with Gasteiger partial charge in [-0.3, -0.25) is 19.5 Å². The van der Waals surface area contributed by atoms with Crippen molar-refractivity contribution in [3.8, 4) is 11.5 Å². The lowest BCUT2D eigenvalue weighted by atomic mass is 9.95. The van der Waals surface area contributed by atoms with Crippen LogP contribution in [0, 0.1) is 10.1 Å². The van der Waals surface area contributed by atoms with Gasteiger partial charge in [-0.25, -0.2) is 9.79 Å². The number of allylic oxidation sites excluding steroid dienone is 1. The molecule has 11 nitrogen and oxygen atoms in total. The van der Waals surface area contributed by atoms with E-state index in [9.17, 15) is 19.7 Å². The van der Waals surface area contributed by atoms with Crippen molar-refractivity contribution in [2.24, 2.45) is 4.99 Å². The third-order valence-electron chi connectivity index (χ3n) is 6.37. The molecule has 2 heterocycles. The minimum absolute atomic E-state index is 0.0921. The minimum Gasteiger partial charge on any atom is -0.493 e. The number of hydrogen-bond donors (Lipinski definition) is 0. The van der Waals surface area contributed by atoms with Gasteiger partial charge in [0.25, 0.3) is 11.2 Å². The Labute approximate surface area is 240 Å². The molecular weight excluding hydrogens is 548 g/mol. The van der Waals surface area contributed by atoms with E-state index in [2.05, 4.69) is 4.99 Å². The number of fused-ring (bicyclic) bond motifs is 1. The number of nitro groups is 1. The topological polar surface area (TPSA) is 126 Å². The molecule has 41 heavy (non-hydrogen) atoms. The van der Waals surface area contributed by atoms with Gasteiger partial charge in [-0.05, 0) is 57.5 Å². The molecule has 0 saturated carbocycles. The standard InChI is InChI=1S/C29H32N4O7S/c1-8-39-28(35)25-17(4)30-29-32(26(25)18-9-12-22(40-16(2)3)23(14-18)38-7)27(34)24(41-29)15-19-13-20(33(36)37)10-11-21(19)31(5)6/h9-16,26H,8H2,1-7H3/b24-15-/t26-/m0/s1. The summed E-state index contributed by atoms with van der Waals surface area (Å²) in [5.74, 6) is 0.394. The zero-order valence-corrected chi connectivity index (χ0v) is 24.8. The first-order chi connectivity index (χ1) is 19.5. The summed E-state index contributed by atoms with van der Waals surface area (Å²) >= 11 is 1.14. The molecule has 3 aromatic rings. The van der Waals surface area contributed by atoms with Crippen LogP contribution >= 0.6 is 11.3 Å². The highest BCUT2D eigenvalue weighted by Gasteiger charge is 2.34. The molecule has 1 atom stereocenters. The second-order valence-electron chi connectivity index (χ2n) is 9.77. The van der Waals surface area contributed by atoms with E-state index in [1.54, 1.807) is 44.2 Å². The zero-order chi connectivity index (χ0) is 30.0. The van der Waals surface area contributed by atoms with Crippen molar-refractivity contribution in [1.29, 1.82) is 0 Å². The van der Waals surface area contributed by atoms with E-state index in [0.717, 1.165) is 11.3 Å². The predicted molar refractivity (Wildman–Crippen MR) is 157 cm³/mol. The molecule has 0 spiro atoms. The number of methoxy groups -OCH3 is 1. The first-order valence-electron chi connectivity index (χ1n) is 13.0. The summed E-state index contributed by atoms with van der Waals surface area (Å²) < 4.78 is 18.6. The Morgan fingerprint density at radius 3 is 2.56 bits per heavy atom. The lowest BCUT2D eigenvalue weighted by molar-refractivity contribution is -0.384. The van der Waals surface area contributed by atoms with E-state index in [-0.39, 0.29) is 24.0 Å². The van der Waals surface area contributed by atoms with Crippen LogP contribution in [0.4, 0.5) is 11.4 Å². The number of hydrogen-bond acceptors (Lipinski definition) is 10. The molecule has 1 aliphatic rings. The molecule has 0 fully saturated rings. The monoisotopic (exact) mass is 580 g/mol. The number of carbonyl (C=O) groups is 1. The lowest BCUT2D eigenvalue weighted by Gasteiger charge is -2.25. The van der Waals surface area contributed by atoms with Crippen LogP contribution < -0.4 is 29.3 Å². The van der Waals surface area contributed by atoms with Crippen LogP contribution in [0.15, 0.2) is 57.5 Å². The highest BCUT2D eigenvalue weighted by Crippen LogP contribution is 2.36.